The van der Waals surface area contributed by atoms with Crippen molar-refractivity contribution in [2.45, 2.75) is 0 Å². The third kappa shape index (κ3) is 14.3. The van der Waals surface area contributed by atoms with Crippen molar-refractivity contribution in [1.82, 2.24) is 0 Å². The van der Waals surface area contributed by atoms with Crippen LogP contribution in [0.3, 0.4) is 0 Å². The van der Waals surface area contributed by atoms with Gasteiger partial charge in [-0.15, -0.1) is 0 Å². The van der Waals surface area contributed by atoms with Gasteiger partial charge in [-0.2, -0.15) is 0 Å². The Balaban J connectivity index is 1.08. The fraction of sp³-hybridized carbons (Fsp3) is 0. The van der Waals surface area contributed by atoms with E-state index in [0.717, 1.165) is 0 Å². The van der Waals surface area contributed by atoms with Crippen LogP contribution in [0, 0.1) is 69.8 Å². The van der Waals surface area contributed by atoms with Crippen LogP contribution in [0.25, 0.3) is 121 Å². The van der Waals surface area contributed by atoms with E-state index in [9.17, 15) is 0 Å². The highest BCUT2D eigenvalue weighted by Crippen LogP contribution is 2.62. The summed E-state index contributed by atoms with van der Waals surface area (Å²) in [6, 6.07) is 105. The first-order chi connectivity index (χ1) is 62.5. The Kier molecular flexibility index (Phi) is 21.0. The summed E-state index contributed by atoms with van der Waals surface area (Å²) in [6.45, 7) is 0. The molecule has 0 heterocycles. The molecule has 0 amide bonds. The minimum Gasteiger partial charge on any atom is -0.303 e. The summed E-state index contributed by atoms with van der Waals surface area (Å²) >= 11 is 0. The molecule has 4 nitrogen and oxygen atoms in total. The number of para-hydroxylation sites is 4. The van der Waals surface area contributed by atoms with Gasteiger partial charge in [0.05, 0.1) is 45.5 Å². The molecule has 16 heteroatoms. The molecule has 20 aromatic rings. The van der Waals surface area contributed by atoms with Gasteiger partial charge in [-0.3, -0.25) is 0 Å². The number of benzene rings is 20. The van der Waals surface area contributed by atoms with Crippen LogP contribution >= 0.6 is 0 Å². The Morgan fingerprint density at radius 1 is 0.133 bits per heavy atom. The largest absolute Gasteiger partial charge is 0.303 e. The van der Waals surface area contributed by atoms with Crippen LogP contribution in [0.15, 0.2) is 400 Å². The molecule has 0 unspecified atom stereocenters. The highest BCUT2D eigenvalue weighted by Gasteiger charge is 2.39. The van der Waals surface area contributed by atoms with E-state index in [1.807, 2.05) is 0 Å². The van der Waals surface area contributed by atoms with E-state index in [0.29, 0.717) is 138 Å². The summed E-state index contributed by atoms with van der Waals surface area (Å²) in [5, 5.41) is -0.00335. The molecule has 0 radical (unpaired) electrons. The Hall–Kier alpha value is -16.2. The lowest BCUT2D eigenvalue weighted by Gasteiger charge is -2.37. The monoisotopic (exact) mass is 1690 g/mol. The quantitative estimate of drug-likeness (QED) is 0.0557. The molecule has 0 aromatic heterocycles. The minimum atomic E-state index is -1.45. The summed E-state index contributed by atoms with van der Waals surface area (Å²) < 4.78 is 217. The summed E-state index contributed by atoms with van der Waals surface area (Å²) in [7, 11) is 0. The van der Waals surface area contributed by atoms with Crippen molar-refractivity contribution >= 4 is 101 Å². The average molecular weight is 1700 g/mol. The topological polar surface area (TPSA) is 13.0 Å². The first-order valence-electron chi connectivity index (χ1n) is 41.1. The molecule has 0 spiro atoms. The van der Waals surface area contributed by atoms with E-state index in [-0.39, 0.29) is 77.8 Å². The molecule has 618 valence electrons. The van der Waals surface area contributed by atoms with Gasteiger partial charge in [0, 0.05) is 125 Å². The molecule has 0 saturated heterocycles. The van der Waals surface area contributed by atoms with E-state index in [4.69, 9.17) is 0 Å². The molecule has 0 saturated carbocycles. The van der Waals surface area contributed by atoms with E-state index in [1.165, 1.54) is 31.7 Å². The van der Waals surface area contributed by atoms with Gasteiger partial charge in [-0.05, 0) is 56.6 Å². The maximum Gasteiger partial charge on any atom is 0.153 e. The molecule has 0 aliphatic heterocycles. The van der Waals surface area contributed by atoms with Crippen molar-refractivity contribution in [3.8, 4) is 89.0 Å². The third-order valence-electron chi connectivity index (χ3n) is 23.3. The van der Waals surface area contributed by atoms with Crippen LogP contribution in [-0.2, 0) is 0 Å². The van der Waals surface area contributed by atoms with Gasteiger partial charge < -0.3 is 19.6 Å². The average Bonchev–Trinajstić information content (AvgIpc) is 0.690. The van der Waals surface area contributed by atoms with Gasteiger partial charge in [0.15, 0.2) is 46.5 Å². The molecule has 20 aromatic carbocycles. The van der Waals surface area contributed by atoms with Crippen LogP contribution in [0.1, 0.15) is 0 Å². The maximum absolute atomic E-state index is 18.9. The second kappa shape index (κ2) is 33.5. The molecule has 128 heavy (non-hydrogen) atoms. The Morgan fingerprint density at radius 3 is 0.414 bits per heavy atom. The molecular formula is C112H66F12N4. The molecular weight excluding hydrogens is 1630 g/mol. The van der Waals surface area contributed by atoms with Crippen LogP contribution in [-0.4, -0.2) is 0 Å². The zero-order valence-corrected chi connectivity index (χ0v) is 67.4. The minimum absolute atomic E-state index is 0.00952. The lowest BCUT2D eigenvalue weighted by atomic mass is 9.87. The van der Waals surface area contributed by atoms with Crippen molar-refractivity contribution in [2.75, 3.05) is 19.6 Å². The van der Waals surface area contributed by atoms with Gasteiger partial charge in [0.1, 0.15) is 46.0 Å². The van der Waals surface area contributed by atoms with E-state index < -0.39 is 92.6 Å². The van der Waals surface area contributed by atoms with E-state index >= 15 is 52.7 Å². The normalized spacial score (nSPS) is 11.4. The summed E-state index contributed by atoms with van der Waals surface area (Å²) in [4.78, 5) is 5.10. The standard InChI is InChI=1S/C112H66F12N4/c113-75-57-91(117)109(92(118)58-75)125(105-79(67-29-9-1-10-30-67)45-25-46-80(105)68-31-11-2-12-32-68)99-65-100(126(110-93(119)59-76(114)60-94(110)120)106-81(69-33-13-3-14-34-69)47-26-48-82(106)70-35-15-4-16-36-70)88-55-56-90-102(128(112-97(123)63-78(116)64-98(112)124)108-85(73-41-21-7-22-42-73)51-28-52-86(108)74-43-23-8-24-44-74)66-101(89-54-53-87(99)103(88)104(89)90)127(111-95(121)61-77(115)62-96(111)122)107-83(71-37-17-5-18-38-71)49-27-50-84(107)72-39-19-6-20-40-72/h1-66H. The molecule has 0 aliphatic carbocycles. The fourth-order valence-electron chi connectivity index (χ4n) is 18.0. The number of rotatable bonds is 20. The SMILES string of the molecule is Fc1cc(F)c(N(c2c(-c3ccccc3)cccc2-c2ccccc2)c2cc(N(c3c(F)cc(F)cc3F)c3c(-c4ccccc4)cccc3-c3ccccc3)c3ccc4c(N(c5c(F)cc(F)cc5F)c5c(-c6ccccc6)cccc5-c5ccccc5)cc(N(c5c(F)cc(F)cc5F)c5c(-c6ccccc6)cccc5-c5ccccc5)c5ccc2c3c54)c(F)c1. The van der Waals surface area contributed by atoms with Crippen LogP contribution in [0.4, 0.5) is 121 Å². The molecule has 0 fully saturated rings. The number of hydrogen-bond donors (Lipinski definition) is 0. The fourth-order valence-corrected chi connectivity index (χ4v) is 18.0. The molecule has 0 N–H and O–H groups in total. The smallest absolute Gasteiger partial charge is 0.153 e. The van der Waals surface area contributed by atoms with Gasteiger partial charge in [-0.1, -0.05) is 340 Å². The molecule has 0 atom stereocenters. The second-order valence-corrected chi connectivity index (χ2v) is 30.8. The number of hydrogen-bond acceptors (Lipinski definition) is 4. The van der Waals surface area contributed by atoms with Crippen molar-refractivity contribution < 1.29 is 52.7 Å². The van der Waals surface area contributed by atoms with Crippen molar-refractivity contribution in [1.29, 1.82) is 0 Å². The van der Waals surface area contributed by atoms with Crippen molar-refractivity contribution in [3.05, 3.63) is 470 Å². The summed E-state index contributed by atoms with van der Waals surface area (Å²) in [6.07, 6.45) is 0. The predicted octanol–water partition coefficient (Wildman–Crippen LogP) is 33.5. The van der Waals surface area contributed by atoms with E-state index in [2.05, 4.69) is 0 Å². The highest BCUT2D eigenvalue weighted by atomic mass is 19.2. The summed E-state index contributed by atoms with van der Waals surface area (Å²) in [5.41, 5.74) is 2.06. The number of nitrogens with zero attached hydrogens (tertiary/aromatic N) is 4. The second-order valence-electron chi connectivity index (χ2n) is 30.8. The van der Waals surface area contributed by atoms with Gasteiger partial charge in [0.25, 0.3) is 0 Å². The molecule has 20 rings (SSSR count). The highest BCUT2D eigenvalue weighted by molar-refractivity contribution is 6.34. The first kappa shape index (κ1) is 80.2. The molecule has 0 bridgehead atoms. The van der Waals surface area contributed by atoms with Crippen LogP contribution in [0.2, 0.25) is 0 Å². The zero-order chi connectivity index (χ0) is 87.5. The number of anilines is 12. The van der Waals surface area contributed by atoms with Gasteiger partial charge >= 0.3 is 0 Å². The Morgan fingerprint density at radius 2 is 0.273 bits per heavy atom. The van der Waals surface area contributed by atoms with Crippen molar-refractivity contribution in [3.63, 3.8) is 0 Å². The molecule has 0 aliphatic rings. The number of halogens is 12. The third-order valence-corrected chi connectivity index (χ3v) is 23.3. The zero-order valence-electron chi connectivity index (χ0n) is 67.4. The van der Waals surface area contributed by atoms with Crippen LogP contribution < -0.4 is 19.6 Å². The van der Waals surface area contributed by atoms with Crippen molar-refractivity contribution in [2.24, 2.45) is 0 Å². The Labute approximate surface area is 727 Å². The lowest BCUT2D eigenvalue weighted by Crippen LogP contribution is -2.21. The summed E-state index contributed by atoms with van der Waals surface area (Å²) in [5.74, 6) is -16.9. The van der Waals surface area contributed by atoms with E-state index in [1.54, 1.807) is 340 Å². The van der Waals surface area contributed by atoms with Gasteiger partial charge in [0.2, 0.25) is 0 Å². The first-order valence-corrected chi connectivity index (χ1v) is 41.1. The van der Waals surface area contributed by atoms with Crippen LogP contribution in [0.5, 0.6) is 0 Å². The lowest BCUT2D eigenvalue weighted by molar-refractivity contribution is 0.544. The predicted molar refractivity (Wildman–Crippen MR) is 492 cm³/mol. The maximum atomic E-state index is 18.9. The Bertz CT molecular complexity index is 6430. The van der Waals surface area contributed by atoms with Gasteiger partial charge in [-0.25, -0.2) is 52.7 Å².